The molecule has 0 bridgehead atoms. The molecule has 1 aromatic rings. The van der Waals surface area contributed by atoms with Gasteiger partial charge in [-0.05, 0) is 25.1 Å². The molecule has 6 nitrogen and oxygen atoms in total. The first-order valence-electron chi connectivity index (χ1n) is 5.23. The first-order valence-corrected chi connectivity index (χ1v) is 6.67. The maximum atomic E-state index is 12.2. The van der Waals surface area contributed by atoms with Crippen LogP contribution >= 0.6 is 0 Å². The van der Waals surface area contributed by atoms with Crippen molar-refractivity contribution in [2.75, 3.05) is 0 Å². The molecule has 98 valence electrons. The number of benzene rings is 1. The molecule has 19 heavy (non-hydrogen) atoms. The normalized spacial score (nSPS) is 17.7. The fourth-order valence-corrected chi connectivity index (χ4v) is 3.55. The van der Waals surface area contributed by atoms with E-state index < -0.39 is 27.9 Å². The highest BCUT2D eigenvalue weighted by Crippen LogP contribution is 2.32. The Hall–Kier alpha value is -2.33. The molecule has 0 radical (unpaired) electrons. The van der Waals surface area contributed by atoms with E-state index in [1.807, 2.05) is 0 Å². The number of amides is 1. The summed E-state index contributed by atoms with van der Waals surface area (Å²) in [5.41, 5.74) is -0.266. The predicted molar refractivity (Wildman–Crippen MR) is 65.1 cm³/mol. The van der Waals surface area contributed by atoms with Crippen molar-refractivity contribution in [3.05, 3.63) is 29.3 Å². The number of sulfonamides is 1. The van der Waals surface area contributed by atoms with E-state index in [1.54, 1.807) is 0 Å². The highest BCUT2D eigenvalue weighted by atomic mass is 32.2. The summed E-state index contributed by atoms with van der Waals surface area (Å²) in [6, 6.07) is 2.40. The maximum Gasteiger partial charge on any atom is 0.335 e. The van der Waals surface area contributed by atoms with E-state index in [1.165, 1.54) is 19.1 Å². The van der Waals surface area contributed by atoms with Crippen molar-refractivity contribution in [2.45, 2.75) is 17.9 Å². The monoisotopic (exact) mass is 279 g/mol. The van der Waals surface area contributed by atoms with Gasteiger partial charge in [-0.3, -0.25) is 4.79 Å². The number of carboxylic acids is 1. The van der Waals surface area contributed by atoms with Gasteiger partial charge in [0.2, 0.25) is 0 Å². The van der Waals surface area contributed by atoms with Gasteiger partial charge in [-0.1, -0.05) is 5.92 Å². The van der Waals surface area contributed by atoms with Crippen LogP contribution in [0.2, 0.25) is 0 Å². The number of hydrogen-bond acceptors (Lipinski definition) is 4. The first kappa shape index (κ1) is 13.1. The van der Waals surface area contributed by atoms with Crippen molar-refractivity contribution >= 4 is 21.9 Å². The van der Waals surface area contributed by atoms with Crippen LogP contribution < -0.4 is 0 Å². The molecule has 0 saturated carbocycles. The smallest absolute Gasteiger partial charge is 0.335 e. The summed E-state index contributed by atoms with van der Waals surface area (Å²) >= 11 is 0. The quantitative estimate of drug-likeness (QED) is 0.798. The van der Waals surface area contributed by atoms with Gasteiger partial charge in [0.1, 0.15) is 10.9 Å². The second kappa shape index (κ2) is 4.10. The largest absolute Gasteiger partial charge is 0.478 e. The lowest BCUT2D eigenvalue weighted by atomic mass is 10.1. The summed E-state index contributed by atoms with van der Waals surface area (Å²) < 4.78 is 25.0. The molecule has 0 fully saturated rings. The van der Waals surface area contributed by atoms with Gasteiger partial charge in [0.15, 0.2) is 0 Å². The summed E-state index contributed by atoms with van der Waals surface area (Å²) in [5, 5.41) is 8.85. The fraction of sp³-hybridized carbons (Fsp3) is 0.167. The van der Waals surface area contributed by atoms with Crippen LogP contribution in [0, 0.1) is 12.3 Å². The lowest BCUT2D eigenvalue weighted by molar-refractivity contribution is 0.0695. The van der Waals surface area contributed by atoms with Gasteiger partial charge >= 0.3 is 5.97 Å². The van der Waals surface area contributed by atoms with Crippen molar-refractivity contribution in [3.63, 3.8) is 0 Å². The van der Waals surface area contributed by atoms with Crippen molar-refractivity contribution in [3.8, 4) is 12.3 Å². The van der Waals surface area contributed by atoms with E-state index in [0.717, 1.165) is 6.07 Å². The number of aromatic carboxylic acids is 1. The molecular weight excluding hydrogens is 270 g/mol. The molecule has 0 aliphatic carbocycles. The molecule has 0 aromatic heterocycles. The SMILES string of the molecule is C#CC(C)N1C(=O)c2ccc(C(=O)O)cc2S1(=O)=O. The zero-order valence-electron chi connectivity index (χ0n) is 9.82. The highest BCUT2D eigenvalue weighted by Gasteiger charge is 2.43. The Morgan fingerprint density at radius 1 is 1.47 bits per heavy atom. The zero-order valence-corrected chi connectivity index (χ0v) is 10.6. The van der Waals surface area contributed by atoms with Gasteiger partial charge < -0.3 is 5.11 Å². The molecule has 0 spiro atoms. The van der Waals surface area contributed by atoms with Crippen LogP contribution in [0.4, 0.5) is 0 Å². The van der Waals surface area contributed by atoms with Crippen molar-refractivity contribution in [2.24, 2.45) is 0 Å². The van der Waals surface area contributed by atoms with Gasteiger partial charge in [0, 0.05) is 0 Å². The summed E-state index contributed by atoms with van der Waals surface area (Å²) in [6.07, 6.45) is 5.15. The average molecular weight is 279 g/mol. The minimum atomic E-state index is -4.08. The minimum absolute atomic E-state index is 0.0629. The predicted octanol–water partition coefficient (Wildman–Crippen LogP) is 0.551. The lowest BCUT2D eigenvalue weighted by Gasteiger charge is -2.18. The van der Waals surface area contributed by atoms with E-state index >= 15 is 0 Å². The number of fused-ring (bicyclic) bond motifs is 1. The van der Waals surface area contributed by atoms with Crippen LogP contribution in [-0.4, -0.2) is 35.7 Å². The second-order valence-electron chi connectivity index (χ2n) is 3.96. The third-order valence-electron chi connectivity index (χ3n) is 2.79. The highest BCUT2D eigenvalue weighted by molar-refractivity contribution is 7.90. The molecule has 1 atom stereocenters. The summed E-state index contributed by atoms with van der Waals surface area (Å²) in [7, 11) is -4.08. The van der Waals surface area contributed by atoms with Gasteiger partial charge in [0.25, 0.3) is 15.9 Å². The van der Waals surface area contributed by atoms with E-state index in [4.69, 9.17) is 11.5 Å². The number of carbonyl (C=O) groups is 2. The molecule has 1 aliphatic heterocycles. The van der Waals surface area contributed by atoms with Crippen molar-refractivity contribution < 1.29 is 23.1 Å². The Morgan fingerprint density at radius 3 is 2.63 bits per heavy atom. The average Bonchev–Trinajstić information content (AvgIpc) is 2.56. The van der Waals surface area contributed by atoms with Gasteiger partial charge in [0.05, 0.1) is 11.1 Å². The van der Waals surface area contributed by atoms with Crippen molar-refractivity contribution in [1.29, 1.82) is 0 Å². The van der Waals surface area contributed by atoms with Crippen LogP contribution in [0.5, 0.6) is 0 Å². The Kier molecular flexibility index (Phi) is 2.83. The standard InChI is InChI=1S/C12H9NO5S/c1-3-7(2)13-11(14)9-5-4-8(12(15)16)6-10(9)19(13,17)18/h1,4-7H,2H3,(H,15,16). The summed E-state index contributed by atoms with van der Waals surface area (Å²) in [6.45, 7) is 1.40. The van der Waals surface area contributed by atoms with Gasteiger partial charge in [-0.15, -0.1) is 6.42 Å². The number of carboxylic acid groups (broad SMARTS) is 1. The third-order valence-corrected chi connectivity index (χ3v) is 4.68. The number of nitrogens with zero attached hydrogens (tertiary/aromatic N) is 1. The van der Waals surface area contributed by atoms with Gasteiger partial charge in [-0.25, -0.2) is 17.5 Å². The van der Waals surface area contributed by atoms with Crippen LogP contribution in [-0.2, 0) is 10.0 Å². The number of rotatable bonds is 2. The summed E-state index contributed by atoms with van der Waals surface area (Å²) in [4.78, 5) is 22.5. The second-order valence-corrected chi connectivity index (χ2v) is 5.75. The van der Waals surface area contributed by atoms with E-state index in [9.17, 15) is 18.0 Å². The molecule has 1 aliphatic rings. The van der Waals surface area contributed by atoms with E-state index in [2.05, 4.69) is 5.92 Å². The van der Waals surface area contributed by atoms with Crippen LogP contribution in [0.3, 0.4) is 0 Å². The Morgan fingerprint density at radius 2 is 2.11 bits per heavy atom. The molecular formula is C12H9NO5S. The molecule has 1 heterocycles. The van der Waals surface area contributed by atoms with Crippen molar-refractivity contribution in [1.82, 2.24) is 4.31 Å². The van der Waals surface area contributed by atoms with E-state index in [0.29, 0.717) is 4.31 Å². The molecule has 1 unspecified atom stereocenters. The Balaban J connectivity index is 2.69. The first-order chi connectivity index (χ1) is 8.80. The fourth-order valence-electron chi connectivity index (χ4n) is 1.83. The van der Waals surface area contributed by atoms with Gasteiger partial charge in [-0.2, -0.15) is 0 Å². The minimum Gasteiger partial charge on any atom is -0.478 e. The Labute approximate surface area is 109 Å². The zero-order chi connectivity index (χ0) is 14.4. The van der Waals surface area contributed by atoms with Crippen LogP contribution in [0.1, 0.15) is 27.6 Å². The molecule has 1 amide bonds. The number of carbonyl (C=O) groups excluding carboxylic acids is 1. The topological polar surface area (TPSA) is 91.8 Å². The number of hydrogen-bond donors (Lipinski definition) is 1. The van der Waals surface area contributed by atoms with E-state index in [-0.39, 0.29) is 16.0 Å². The molecule has 1 N–H and O–H groups in total. The molecule has 2 rings (SSSR count). The third kappa shape index (κ3) is 1.77. The molecule has 1 aromatic carbocycles. The molecule has 0 saturated heterocycles. The number of terminal acetylenes is 1. The Bertz CT molecular complexity index is 729. The van der Waals surface area contributed by atoms with Crippen LogP contribution in [0.15, 0.2) is 23.1 Å². The maximum absolute atomic E-state index is 12.2. The lowest BCUT2D eigenvalue weighted by Crippen LogP contribution is -2.37. The summed E-state index contributed by atoms with van der Waals surface area (Å²) in [5.74, 6) is 0.167. The van der Waals surface area contributed by atoms with Crippen LogP contribution in [0.25, 0.3) is 0 Å². The molecule has 7 heteroatoms.